The number of amides is 1. The second-order valence-electron chi connectivity index (χ2n) is 4.06. The quantitative estimate of drug-likeness (QED) is 0.847. The molecule has 0 aliphatic carbocycles. The Hall–Kier alpha value is -2.07. The Morgan fingerprint density at radius 1 is 1.26 bits per heavy atom. The normalized spacial score (nSPS) is 10.2. The van der Waals surface area contributed by atoms with Crippen LogP contribution in [0.5, 0.6) is 0 Å². The number of anilines is 2. The lowest BCUT2D eigenvalue weighted by molar-refractivity contribution is -0.115. The first-order valence-corrected chi connectivity index (χ1v) is 6.02. The number of rotatable bonds is 3. The maximum absolute atomic E-state index is 13.4. The Labute approximate surface area is 115 Å². The van der Waals surface area contributed by atoms with Crippen LogP contribution in [0.3, 0.4) is 0 Å². The molecule has 0 aliphatic heterocycles. The van der Waals surface area contributed by atoms with Crippen LogP contribution in [0.15, 0.2) is 42.5 Å². The van der Waals surface area contributed by atoms with Gasteiger partial charge in [0.15, 0.2) is 0 Å². The van der Waals surface area contributed by atoms with Crippen molar-refractivity contribution in [2.45, 2.75) is 6.42 Å². The predicted octanol–water partition coefficient (Wildman–Crippen LogP) is 3.24. The molecule has 0 spiro atoms. The fraction of sp³-hybridized carbons (Fsp3) is 0.0714. The Kier molecular flexibility index (Phi) is 4.02. The second kappa shape index (κ2) is 5.71. The second-order valence-corrected chi connectivity index (χ2v) is 4.46. The van der Waals surface area contributed by atoms with Gasteiger partial charge >= 0.3 is 0 Å². The molecule has 98 valence electrons. The van der Waals surface area contributed by atoms with Gasteiger partial charge in [0.2, 0.25) is 5.91 Å². The highest BCUT2D eigenvalue weighted by molar-refractivity contribution is 6.34. The highest BCUT2D eigenvalue weighted by atomic mass is 35.5. The van der Waals surface area contributed by atoms with Crippen LogP contribution in [-0.4, -0.2) is 5.91 Å². The van der Waals surface area contributed by atoms with Crippen LogP contribution in [0.1, 0.15) is 5.56 Å². The summed E-state index contributed by atoms with van der Waals surface area (Å²) >= 11 is 5.94. The van der Waals surface area contributed by atoms with Gasteiger partial charge in [0.25, 0.3) is 0 Å². The van der Waals surface area contributed by atoms with E-state index in [4.69, 9.17) is 17.3 Å². The number of hydrogen-bond donors (Lipinski definition) is 2. The van der Waals surface area contributed by atoms with Crippen molar-refractivity contribution in [3.63, 3.8) is 0 Å². The van der Waals surface area contributed by atoms with E-state index in [9.17, 15) is 9.18 Å². The molecule has 0 saturated heterocycles. The third-order valence-corrected chi connectivity index (χ3v) is 2.89. The van der Waals surface area contributed by atoms with Gasteiger partial charge in [-0.25, -0.2) is 4.39 Å². The van der Waals surface area contributed by atoms with Gasteiger partial charge in [-0.3, -0.25) is 4.79 Å². The fourth-order valence-electron chi connectivity index (χ4n) is 1.64. The van der Waals surface area contributed by atoms with Crippen molar-refractivity contribution in [2.75, 3.05) is 11.1 Å². The molecule has 3 N–H and O–H groups in total. The van der Waals surface area contributed by atoms with E-state index < -0.39 is 5.82 Å². The Balaban J connectivity index is 2.08. The lowest BCUT2D eigenvalue weighted by atomic mass is 10.1. The van der Waals surface area contributed by atoms with Crippen LogP contribution in [0.4, 0.5) is 15.8 Å². The Morgan fingerprint density at radius 2 is 2.00 bits per heavy atom. The zero-order valence-corrected chi connectivity index (χ0v) is 10.7. The molecule has 3 nitrogen and oxygen atoms in total. The lowest BCUT2D eigenvalue weighted by Gasteiger charge is -2.08. The van der Waals surface area contributed by atoms with Crippen LogP contribution in [0, 0.1) is 5.82 Å². The number of carbonyl (C=O) groups excluding carboxylic acids is 1. The first-order valence-electron chi connectivity index (χ1n) is 5.64. The highest BCUT2D eigenvalue weighted by Gasteiger charge is 2.09. The average Bonchev–Trinajstić information content (AvgIpc) is 2.36. The smallest absolute Gasteiger partial charge is 0.228 e. The molecule has 0 fully saturated rings. The summed E-state index contributed by atoms with van der Waals surface area (Å²) in [7, 11) is 0. The number of carbonyl (C=O) groups is 1. The van der Waals surface area contributed by atoms with E-state index in [-0.39, 0.29) is 12.3 Å². The van der Waals surface area contributed by atoms with E-state index in [1.807, 2.05) is 0 Å². The third-order valence-electron chi connectivity index (χ3n) is 2.58. The summed E-state index contributed by atoms with van der Waals surface area (Å²) in [5.74, 6) is -0.738. The van der Waals surface area contributed by atoms with E-state index in [0.29, 0.717) is 22.0 Å². The van der Waals surface area contributed by atoms with Crippen molar-refractivity contribution in [2.24, 2.45) is 0 Å². The third kappa shape index (κ3) is 3.45. The van der Waals surface area contributed by atoms with Crippen molar-refractivity contribution < 1.29 is 9.18 Å². The van der Waals surface area contributed by atoms with Gasteiger partial charge in [0, 0.05) is 5.69 Å². The largest absolute Gasteiger partial charge is 0.399 e. The van der Waals surface area contributed by atoms with Crippen LogP contribution < -0.4 is 11.1 Å². The minimum atomic E-state index is -0.402. The molecule has 0 aromatic heterocycles. The Morgan fingerprint density at radius 3 is 2.68 bits per heavy atom. The molecule has 0 saturated carbocycles. The summed E-state index contributed by atoms with van der Waals surface area (Å²) in [6, 6.07) is 10.9. The van der Waals surface area contributed by atoms with Crippen LogP contribution >= 0.6 is 11.6 Å². The standard InChI is InChI=1S/C14H12ClFN2O/c15-11-8-10(17)5-6-13(11)18-14(19)7-9-3-1-2-4-12(9)16/h1-6,8H,7,17H2,(H,18,19). The molecule has 2 aromatic rings. The molecule has 0 heterocycles. The number of nitrogen functional groups attached to an aromatic ring is 1. The zero-order chi connectivity index (χ0) is 13.8. The topological polar surface area (TPSA) is 55.1 Å². The van der Waals surface area contributed by atoms with Gasteiger partial charge in [0.05, 0.1) is 17.1 Å². The summed E-state index contributed by atoms with van der Waals surface area (Å²) < 4.78 is 13.4. The van der Waals surface area contributed by atoms with Crippen molar-refractivity contribution in [1.82, 2.24) is 0 Å². The SMILES string of the molecule is Nc1ccc(NC(=O)Cc2ccccc2F)c(Cl)c1. The van der Waals surface area contributed by atoms with Crippen molar-refractivity contribution >= 4 is 28.9 Å². The molecule has 0 atom stereocenters. The zero-order valence-electron chi connectivity index (χ0n) is 9.99. The number of nitrogens with two attached hydrogens (primary N) is 1. The van der Waals surface area contributed by atoms with Gasteiger partial charge in [-0.1, -0.05) is 29.8 Å². The molecule has 5 heteroatoms. The number of halogens is 2. The summed E-state index contributed by atoms with van der Waals surface area (Å²) in [6.45, 7) is 0. The molecule has 1 amide bonds. The molecule has 0 radical (unpaired) electrons. The van der Waals surface area contributed by atoms with E-state index >= 15 is 0 Å². The van der Waals surface area contributed by atoms with Crippen molar-refractivity contribution in [3.8, 4) is 0 Å². The van der Waals surface area contributed by atoms with Gasteiger partial charge in [-0.05, 0) is 29.8 Å². The van der Waals surface area contributed by atoms with Gasteiger partial charge in [0.1, 0.15) is 5.82 Å². The summed E-state index contributed by atoms with van der Waals surface area (Å²) in [4.78, 5) is 11.8. The highest BCUT2D eigenvalue weighted by Crippen LogP contribution is 2.24. The van der Waals surface area contributed by atoms with Crippen LogP contribution in [-0.2, 0) is 11.2 Å². The number of nitrogens with one attached hydrogen (secondary N) is 1. The maximum Gasteiger partial charge on any atom is 0.228 e. The summed E-state index contributed by atoms with van der Waals surface area (Å²) in [6.07, 6.45) is -0.0482. The summed E-state index contributed by atoms with van der Waals surface area (Å²) in [5, 5.41) is 2.97. The molecular formula is C14H12ClFN2O. The molecule has 2 aromatic carbocycles. The van der Waals surface area contributed by atoms with Crippen molar-refractivity contribution in [3.05, 3.63) is 58.9 Å². The minimum Gasteiger partial charge on any atom is -0.399 e. The molecule has 19 heavy (non-hydrogen) atoms. The van der Waals surface area contributed by atoms with Gasteiger partial charge in [-0.2, -0.15) is 0 Å². The summed E-state index contributed by atoms with van der Waals surface area (Å²) in [5.41, 5.74) is 6.86. The van der Waals surface area contributed by atoms with Gasteiger partial charge < -0.3 is 11.1 Å². The number of benzene rings is 2. The maximum atomic E-state index is 13.4. The molecule has 0 unspecified atom stereocenters. The van der Waals surface area contributed by atoms with E-state index in [2.05, 4.69) is 5.32 Å². The van der Waals surface area contributed by atoms with Gasteiger partial charge in [-0.15, -0.1) is 0 Å². The van der Waals surface area contributed by atoms with Crippen LogP contribution in [0.25, 0.3) is 0 Å². The van der Waals surface area contributed by atoms with E-state index in [0.717, 1.165) is 0 Å². The number of hydrogen-bond acceptors (Lipinski definition) is 2. The average molecular weight is 279 g/mol. The first kappa shape index (κ1) is 13.4. The minimum absolute atomic E-state index is 0.0482. The molecular weight excluding hydrogens is 267 g/mol. The molecule has 0 aliphatic rings. The van der Waals surface area contributed by atoms with E-state index in [1.165, 1.54) is 6.07 Å². The van der Waals surface area contributed by atoms with E-state index in [1.54, 1.807) is 36.4 Å². The fourth-order valence-corrected chi connectivity index (χ4v) is 1.88. The molecule has 0 bridgehead atoms. The predicted molar refractivity (Wildman–Crippen MR) is 74.6 cm³/mol. The monoisotopic (exact) mass is 278 g/mol. The lowest BCUT2D eigenvalue weighted by Crippen LogP contribution is -2.15. The first-order chi connectivity index (χ1) is 9.06. The van der Waals surface area contributed by atoms with Crippen molar-refractivity contribution in [1.29, 1.82) is 0 Å². The molecule has 2 rings (SSSR count). The van der Waals surface area contributed by atoms with Crippen LogP contribution in [0.2, 0.25) is 5.02 Å². The Bertz CT molecular complexity index is 616.